The first-order valence-electron chi connectivity index (χ1n) is 18.2. The van der Waals surface area contributed by atoms with Gasteiger partial charge in [-0.2, -0.15) is 8.42 Å². The lowest BCUT2D eigenvalue weighted by atomic mass is 9.32. The first kappa shape index (κ1) is 38.1. The minimum atomic E-state index is -4.87. The molecular weight excluding hydrogens is 672 g/mol. The fraction of sp³-hybridized carbons (Fsp3) is 0.889. The fourth-order valence-electron chi connectivity index (χ4n) is 13.1. The van der Waals surface area contributed by atoms with Crippen LogP contribution in [0.3, 0.4) is 0 Å². The Kier molecular flexibility index (Phi) is 9.49. The van der Waals surface area contributed by atoms with E-state index in [9.17, 15) is 48.1 Å². The first-order valence-corrected chi connectivity index (χ1v) is 19.5. The molecule has 1 heterocycles. The number of esters is 1. The normalized spacial score (nSPS) is 51.8. The summed E-state index contributed by atoms with van der Waals surface area (Å²) in [5.41, 5.74) is -2.39. The Morgan fingerprint density at radius 2 is 1.54 bits per heavy atom. The molecule has 0 aromatic rings. The predicted octanol–water partition coefficient (Wildman–Crippen LogP) is 3.24. The van der Waals surface area contributed by atoms with Gasteiger partial charge in [0.15, 0.2) is 0 Å². The SMILES string of the molecule is C=C(C)[C@@H]1CC[C@]2(C(=O)O[C@@H]3O[C@H](CO)[C@@H](O)[C@H](O)[C@H]3O)CC[C@]3(C)[C@H](CC[C@@H]4[C@@]5(C)CC[C@H](OS(=O)(=O)O)[C@@](C)(C(=O)O)[C@@H]5CC[C@]43C)[C@@H]12. The molecule has 0 amide bonds. The molecule has 13 nitrogen and oxygen atoms in total. The van der Waals surface area contributed by atoms with Crippen LogP contribution >= 0.6 is 0 Å². The summed E-state index contributed by atoms with van der Waals surface area (Å²) in [6.45, 7) is 14.1. The van der Waals surface area contributed by atoms with Gasteiger partial charge in [-0.25, -0.2) is 4.18 Å². The molecule has 0 spiro atoms. The van der Waals surface area contributed by atoms with Gasteiger partial charge < -0.3 is 35.0 Å². The highest BCUT2D eigenvalue weighted by atomic mass is 32.3. The minimum absolute atomic E-state index is 0.0392. The summed E-state index contributed by atoms with van der Waals surface area (Å²) >= 11 is 0. The van der Waals surface area contributed by atoms with Crippen molar-refractivity contribution in [3.63, 3.8) is 0 Å². The van der Waals surface area contributed by atoms with Crippen LogP contribution in [0.5, 0.6) is 0 Å². The summed E-state index contributed by atoms with van der Waals surface area (Å²) < 4.78 is 49.7. The van der Waals surface area contributed by atoms with Gasteiger partial charge in [0.25, 0.3) is 0 Å². The summed E-state index contributed by atoms with van der Waals surface area (Å²) in [7, 11) is -4.87. The molecule has 0 bridgehead atoms. The second-order valence-corrected chi connectivity index (χ2v) is 18.6. The Balaban J connectivity index is 1.33. The Morgan fingerprint density at radius 1 is 0.860 bits per heavy atom. The molecule has 1 saturated heterocycles. The number of allylic oxidation sites excluding steroid dienone is 1. The second kappa shape index (κ2) is 12.5. The van der Waals surface area contributed by atoms with Crippen LogP contribution < -0.4 is 0 Å². The number of rotatable bonds is 7. The van der Waals surface area contributed by atoms with Crippen LogP contribution in [0.4, 0.5) is 0 Å². The molecule has 1 aliphatic heterocycles. The number of carbonyl (C=O) groups is 2. The summed E-state index contributed by atoms with van der Waals surface area (Å²) in [4.78, 5) is 27.4. The summed E-state index contributed by atoms with van der Waals surface area (Å²) in [6.07, 6.45) is -2.81. The summed E-state index contributed by atoms with van der Waals surface area (Å²) in [5, 5.41) is 51.6. The van der Waals surface area contributed by atoms with Gasteiger partial charge >= 0.3 is 22.3 Å². The lowest BCUT2D eigenvalue weighted by Gasteiger charge is -2.72. The van der Waals surface area contributed by atoms with Crippen LogP contribution in [0, 0.1) is 56.7 Å². The standard InChI is InChI=1S/C36H56O13S/c1-18(2)19-9-14-36(31(43)48-29-28(40)27(39)26(38)21(17-37)47-29)16-15-33(4)20(25(19)36)7-8-22-32(3)12-11-24(49-50(44,45)46)35(6,30(41)42)23(32)10-13-34(22,33)5/h19-29,37-40H,1,7-17H2,2-6H3,(H,41,42)(H,44,45,46)/t19-,20+,21+,22+,23+,24-,25+,26+,27-,28+,29-,32+,33+,34+,35-,36-/m0/s1. The third-order valence-corrected chi connectivity index (χ3v) is 16.3. The number of hydrogen-bond donors (Lipinski definition) is 6. The monoisotopic (exact) mass is 728 g/mol. The molecule has 5 aliphatic carbocycles. The molecule has 6 N–H and O–H groups in total. The number of carboxylic acid groups (broad SMARTS) is 1. The van der Waals surface area contributed by atoms with Crippen molar-refractivity contribution in [1.29, 1.82) is 0 Å². The maximum atomic E-state index is 14.4. The fourth-order valence-corrected chi connectivity index (χ4v) is 13.7. The third kappa shape index (κ3) is 5.28. The molecule has 284 valence electrons. The van der Waals surface area contributed by atoms with Crippen molar-refractivity contribution in [2.45, 2.75) is 136 Å². The van der Waals surface area contributed by atoms with E-state index in [1.165, 1.54) is 0 Å². The molecule has 16 atom stereocenters. The van der Waals surface area contributed by atoms with E-state index in [1.807, 2.05) is 6.92 Å². The molecular formula is C36H56O13S. The second-order valence-electron chi connectivity index (χ2n) is 17.6. The van der Waals surface area contributed by atoms with Crippen molar-refractivity contribution in [3.05, 3.63) is 12.2 Å². The number of aliphatic hydroxyl groups is 4. The van der Waals surface area contributed by atoms with Gasteiger partial charge in [0.05, 0.1) is 23.5 Å². The molecule has 0 unspecified atom stereocenters. The van der Waals surface area contributed by atoms with Crippen molar-refractivity contribution in [1.82, 2.24) is 0 Å². The van der Waals surface area contributed by atoms with E-state index < -0.39 is 87.9 Å². The lowest BCUT2D eigenvalue weighted by Crippen LogP contribution is -2.68. The van der Waals surface area contributed by atoms with E-state index in [4.69, 9.17) is 13.7 Å². The van der Waals surface area contributed by atoms with E-state index >= 15 is 0 Å². The Labute approximate surface area is 294 Å². The van der Waals surface area contributed by atoms with Gasteiger partial charge in [0.1, 0.15) is 24.4 Å². The molecule has 50 heavy (non-hydrogen) atoms. The van der Waals surface area contributed by atoms with Crippen LogP contribution in [0.2, 0.25) is 0 Å². The topological polar surface area (TPSA) is 217 Å². The van der Waals surface area contributed by atoms with E-state index in [1.54, 1.807) is 6.92 Å². The largest absolute Gasteiger partial charge is 0.481 e. The molecule has 14 heteroatoms. The van der Waals surface area contributed by atoms with E-state index in [0.717, 1.165) is 24.8 Å². The first-order chi connectivity index (χ1) is 23.1. The number of carboxylic acids is 1. The quantitative estimate of drug-likeness (QED) is 0.126. The van der Waals surface area contributed by atoms with Gasteiger partial charge in [-0.05, 0) is 124 Å². The number of ether oxygens (including phenoxy) is 2. The van der Waals surface area contributed by atoms with E-state index in [2.05, 4.69) is 27.4 Å². The van der Waals surface area contributed by atoms with Gasteiger partial charge in [0, 0.05) is 0 Å². The maximum Gasteiger partial charge on any atom is 0.397 e. The highest BCUT2D eigenvalue weighted by Crippen LogP contribution is 2.77. The van der Waals surface area contributed by atoms with Crippen molar-refractivity contribution in [2.24, 2.45) is 56.7 Å². The number of fused-ring (bicyclic) bond motifs is 7. The highest BCUT2D eigenvalue weighted by Gasteiger charge is 2.73. The van der Waals surface area contributed by atoms with Crippen molar-refractivity contribution >= 4 is 22.3 Å². The summed E-state index contributed by atoms with van der Waals surface area (Å²) in [6, 6.07) is 0. The van der Waals surface area contributed by atoms with Gasteiger partial charge in [-0.3, -0.25) is 14.1 Å². The number of aliphatic hydroxyl groups excluding tert-OH is 4. The van der Waals surface area contributed by atoms with Crippen LogP contribution in [0.1, 0.15) is 98.8 Å². The molecule has 0 aromatic carbocycles. The van der Waals surface area contributed by atoms with Crippen molar-refractivity contribution in [3.8, 4) is 0 Å². The molecule has 6 aliphatic rings. The van der Waals surface area contributed by atoms with E-state index in [-0.39, 0.29) is 40.9 Å². The average molecular weight is 729 g/mol. The molecule has 5 saturated carbocycles. The van der Waals surface area contributed by atoms with Gasteiger partial charge in [0.2, 0.25) is 6.29 Å². The lowest BCUT2D eigenvalue weighted by molar-refractivity contribution is -0.298. The molecule has 6 rings (SSSR count). The highest BCUT2D eigenvalue weighted by molar-refractivity contribution is 7.80. The van der Waals surface area contributed by atoms with Crippen LogP contribution in [0.25, 0.3) is 0 Å². The van der Waals surface area contributed by atoms with Gasteiger partial charge in [-0.1, -0.05) is 32.9 Å². The molecule has 0 radical (unpaired) electrons. The predicted molar refractivity (Wildman–Crippen MR) is 177 cm³/mol. The number of hydrogen-bond acceptors (Lipinski definition) is 11. The average Bonchev–Trinajstić information content (AvgIpc) is 3.44. The van der Waals surface area contributed by atoms with Crippen LogP contribution in [0.15, 0.2) is 12.2 Å². The van der Waals surface area contributed by atoms with Gasteiger partial charge in [-0.15, -0.1) is 0 Å². The van der Waals surface area contributed by atoms with E-state index in [0.29, 0.717) is 38.5 Å². The molecule has 6 fully saturated rings. The molecule has 0 aromatic heterocycles. The Bertz CT molecular complexity index is 1500. The zero-order chi connectivity index (χ0) is 37.0. The number of aliphatic carboxylic acids is 1. The maximum absolute atomic E-state index is 14.4. The van der Waals surface area contributed by atoms with Crippen LogP contribution in [-0.2, 0) is 33.6 Å². The number of carbonyl (C=O) groups excluding carboxylic acids is 1. The van der Waals surface area contributed by atoms with Crippen molar-refractivity contribution in [2.75, 3.05) is 6.61 Å². The Morgan fingerprint density at radius 3 is 2.14 bits per heavy atom. The minimum Gasteiger partial charge on any atom is -0.481 e. The smallest absolute Gasteiger partial charge is 0.397 e. The summed E-state index contributed by atoms with van der Waals surface area (Å²) in [5.74, 6) is -1.93. The zero-order valence-corrected chi connectivity index (χ0v) is 30.6. The van der Waals surface area contributed by atoms with Crippen molar-refractivity contribution < 1.29 is 61.7 Å². The zero-order valence-electron chi connectivity index (χ0n) is 29.8. The van der Waals surface area contributed by atoms with Crippen LogP contribution in [-0.4, -0.2) is 93.9 Å². The third-order valence-electron chi connectivity index (χ3n) is 15.8. The Hall–Kier alpha value is -1.65.